The third-order valence-electron chi connectivity index (χ3n) is 3.15. The standard InChI is InChI=1S/C13H9Cl2FN4OS/c14-10-11(22-19-12(10)15)13(21,5-20-7-17-6-18-20)8-1-3-9(16)4-2-8/h1-4,6-7,21H,5H2. The Morgan fingerprint density at radius 1 is 1.27 bits per heavy atom. The second kappa shape index (κ2) is 5.92. The molecule has 1 unspecified atom stereocenters. The van der Waals surface area contributed by atoms with E-state index in [4.69, 9.17) is 23.2 Å². The highest BCUT2D eigenvalue weighted by Crippen LogP contribution is 2.41. The highest BCUT2D eigenvalue weighted by atomic mass is 35.5. The molecule has 0 aliphatic heterocycles. The largest absolute Gasteiger partial charge is 0.377 e. The van der Waals surface area contributed by atoms with Gasteiger partial charge in [0.1, 0.15) is 24.1 Å². The number of hydrogen-bond donors (Lipinski definition) is 1. The first-order chi connectivity index (χ1) is 10.5. The Hall–Kier alpha value is -1.54. The molecule has 0 spiro atoms. The van der Waals surface area contributed by atoms with Crippen molar-refractivity contribution >= 4 is 34.7 Å². The van der Waals surface area contributed by atoms with Gasteiger partial charge in [-0.15, -0.1) is 0 Å². The summed E-state index contributed by atoms with van der Waals surface area (Å²) < 4.78 is 18.6. The topological polar surface area (TPSA) is 63.8 Å². The molecule has 0 amide bonds. The van der Waals surface area contributed by atoms with Crippen molar-refractivity contribution < 1.29 is 9.50 Å². The molecular formula is C13H9Cl2FN4OS. The quantitative estimate of drug-likeness (QED) is 0.778. The summed E-state index contributed by atoms with van der Waals surface area (Å²) in [6.07, 6.45) is 2.82. The molecule has 0 aliphatic rings. The Labute approximate surface area is 139 Å². The number of nitrogens with zero attached hydrogens (tertiary/aromatic N) is 4. The summed E-state index contributed by atoms with van der Waals surface area (Å²) in [6.45, 7) is 0.0386. The van der Waals surface area contributed by atoms with E-state index in [9.17, 15) is 9.50 Å². The summed E-state index contributed by atoms with van der Waals surface area (Å²) in [5, 5.41) is 15.5. The molecular weight excluding hydrogens is 350 g/mol. The van der Waals surface area contributed by atoms with Crippen LogP contribution in [0, 0.1) is 5.82 Å². The van der Waals surface area contributed by atoms with E-state index < -0.39 is 11.4 Å². The van der Waals surface area contributed by atoms with E-state index in [-0.39, 0.29) is 16.7 Å². The molecule has 0 saturated heterocycles. The molecule has 2 heterocycles. The monoisotopic (exact) mass is 358 g/mol. The van der Waals surface area contributed by atoms with Crippen LogP contribution in [0.5, 0.6) is 0 Å². The van der Waals surface area contributed by atoms with Gasteiger partial charge in [-0.05, 0) is 29.2 Å². The first kappa shape index (κ1) is 15.4. The molecule has 1 aromatic carbocycles. The van der Waals surface area contributed by atoms with E-state index in [0.717, 1.165) is 11.5 Å². The average Bonchev–Trinajstić information content (AvgIpc) is 3.11. The molecule has 22 heavy (non-hydrogen) atoms. The van der Waals surface area contributed by atoms with Crippen molar-refractivity contribution in [2.75, 3.05) is 0 Å². The fraction of sp³-hybridized carbons (Fsp3) is 0.154. The summed E-state index contributed by atoms with van der Waals surface area (Å²) >= 11 is 13.0. The molecule has 0 radical (unpaired) electrons. The molecule has 9 heteroatoms. The summed E-state index contributed by atoms with van der Waals surface area (Å²) in [6, 6.07) is 5.49. The van der Waals surface area contributed by atoms with E-state index in [1.54, 1.807) is 0 Å². The summed E-state index contributed by atoms with van der Waals surface area (Å²) in [7, 11) is 0. The molecule has 1 N–H and O–H groups in total. The van der Waals surface area contributed by atoms with Crippen LogP contribution in [0.1, 0.15) is 10.4 Å². The Bertz CT molecular complexity index is 778. The van der Waals surface area contributed by atoms with E-state index in [0.29, 0.717) is 10.4 Å². The van der Waals surface area contributed by atoms with Crippen LogP contribution in [-0.2, 0) is 12.1 Å². The van der Waals surface area contributed by atoms with Gasteiger partial charge in [0, 0.05) is 0 Å². The molecule has 0 aliphatic carbocycles. The summed E-state index contributed by atoms with van der Waals surface area (Å²) in [5.74, 6) is -0.403. The fourth-order valence-electron chi connectivity index (χ4n) is 2.09. The lowest BCUT2D eigenvalue weighted by Gasteiger charge is -2.27. The average molecular weight is 359 g/mol. The van der Waals surface area contributed by atoms with Crippen LogP contribution in [0.25, 0.3) is 0 Å². The van der Waals surface area contributed by atoms with Crippen LogP contribution in [0.4, 0.5) is 4.39 Å². The van der Waals surface area contributed by atoms with Crippen molar-refractivity contribution in [1.29, 1.82) is 0 Å². The predicted octanol–water partition coefficient (Wildman–Crippen LogP) is 3.12. The zero-order valence-electron chi connectivity index (χ0n) is 10.9. The maximum Gasteiger partial charge on any atom is 0.161 e. The van der Waals surface area contributed by atoms with Crippen molar-refractivity contribution in [1.82, 2.24) is 19.1 Å². The van der Waals surface area contributed by atoms with Crippen molar-refractivity contribution in [2.24, 2.45) is 0 Å². The second-order valence-corrected chi connectivity index (χ2v) is 6.09. The number of aromatic nitrogens is 4. The molecule has 5 nitrogen and oxygen atoms in total. The number of halogens is 3. The van der Waals surface area contributed by atoms with Crippen LogP contribution in [0.15, 0.2) is 36.9 Å². The number of rotatable bonds is 4. The Morgan fingerprint density at radius 3 is 2.55 bits per heavy atom. The Kier molecular flexibility index (Phi) is 4.14. The van der Waals surface area contributed by atoms with Gasteiger partial charge in [-0.3, -0.25) is 0 Å². The third-order valence-corrected chi connectivity index (χ3v) is 5.10. The van der Waals surface area contributed by atoms with Crippen LogP contribution < -0.4 is 0 Å². The highest BCUT2D eigenvalue weighted by Gasteiger charge is 2.37. The maximum atomic E-state index is 13.2. The molecule has 3 rings (SSSR count). The number of hydrogen-bond acceptors (Lipinski definition) is 5. The van der Waals surface area contributed by atoms with Crippen molar-refractivity contribution in [3.63, 3.8) is 0 Å². The lowest BCUT2D eigenvalue weighted by atomic mass is 9.92. The van der Waals surface area contributed by atoms with Crippen molar-refractivity contribution in [2.45, 2.75) is 12.1 Å². The minimum Gasteiger partial charge on any atom is -0.377 e. The molecule has 1 atom stereocenters. The van der Waals surface area contributed by atoms with Crippen LogP contribution in [0.3, 0.4) is 0 Å². The van der Waals surface area contributed by atoms with Gasteiger partial charge in [-0.25, -0.2) is 14.1 Å². The highest BCUT2D eigenvalue weighted by molar-refractivity contribution is 7.07. The van der Waals surface area contributed by atoms with Crippen LogP contribution in [0.2, 0.25) is 10.2 Å². The molecule has 3 aromatic rings. The smallest absolute Gasteiger partial charge is 0.161 e. The van der Waals surface area contributed by atoms with Crippen LogP contribution >= 0.6 is 34.7 Å². The van der Waals surface area contributed by atoms with Gasteiger partial charge in [0.2, 0.25) is 0 Å². The van der Waals surface area contributed by atoms with Crippen LogP contribution in [-0.4, -0.2) is 24.2 Å². The lowest BCUT2D eigenvalue weighted by Crippen LogP contribution is -2.32. The fourth-order valence-corrected chi connectivity index (χ4v) is 3.46. The SMILES string of the molecule is OC(Cn1cncn1)(c1ccc(F)cc1)c1snc(Cl)c1Cl. The Balaban J connectivity index is 2.12. The number of benzene rings is 1. The van der Waals surface area contributed by atoms with Gasteiger partial charge in [0.05, 0.1) is 16.4 Å². The maximum absolute atomic E-state index is 13.2. The van der Waals surface area contributed by atoms with Gasteiger partial charge >= 0.3 is 0 Å². The first-order valence-electron chi connectivity index (χ1n) is 6.12. The van der Waals surface area contributed by atoms with Gasteiger partial charge in [0.25, 0.3) is 0 Å². The van der Waals surface area contributed by atoms with E-state index in [2.05, 4.69) is 14.5 Å². The van der Waals surface area contributed by atoms with Gasteiger partial charge in [-0.1, -0.05) is 35.3 Å². The Morgan fingerprint density at radius 2 is 2.00 bits per heavy atom. The normalized spacial score (nSPS) is 14.0. The summed E-state index contributed by atoms with van der Waals surface area (Å²) in [5.41, 5.74) is -1.10. The van der Waals surface area contributed by atoms with Crippen molar-refractivity contribution in [3.05, 3.63) is 63.4 Å². The zero-order valence-corrected chi connectivity index (χ0v) is 13.3. The minimum atomic E-state index is -1.55. The number of aliphatic hydroxyl groups is 1. The van der Waals surface area contributed by atoms with E-state index in [1.165, 1.54) is 41.6 Å². The lowest BCUT2D eigenvalue weighted by molar-refractivity contribution is 0.0609. The zero-order chi connectivity index (χ0) is 15.7. The van der Waals surface area contributed by atoms with Gasteiger partial charge < -0.3 is 5.11 Å². The molecule has 2 aromatic heterocycles. The minimum absolute atomic E-state index is 0.0386. The first-order valence-corrected chi connectivity index (χ1v) is 7.65. The third kappa shape index (κ3) is 2.72. The van der Waals surface area contributed by atoms with E-state index >= 15 is 0 Å². The molecule has 0 fully saturated rings. The predicted molar refractivity (Wildman–Crippen MR) is 81.6 cm³/mol. The molecule has 114 valence electrons. The molecule has 0 saturated carbocycles. The van der Waals surface area contributed by atoms with E-state index in [1.807, 2.05) is 0 Å². The van der Waals surface area contributed by atoms with Gasteiger partial charge in [0.15, 0.2) is 5.15 Å². The van der Waals surface area contributed by atoms with Gasteiger partial charge in [-0.2, -0.15) is 9.47 Å². The summed E-state index contributed by atoms with van der Waals surface area (Å²) in [4.78, 5) is 4.21. The molecule has 0 bridgehead atoms. The van der Waals surface area contributed by atoms with Crippen molar-refractivity contribution in [3.8, 4) is 0 Å². The second-order valence-electron chi connectivity index (χ2n) is 4.58.